The molecule has 4 rings (SSSR count). The van der Waals surface area contributed by atoms with Gasteiger partial charge in [0.25, 0.3) is 0 Å². The summed E-state index contributed by atoms with van der Waals surface area (Å²) in [6.07, 6.45) is 7.89. The molecule has 0 unspecified atom stereocenters. The van der Waals surface area contributed by atoms with Crippen molar-refractivity contribution in [3.8, 4) is 17.1 Å². The number of fused-ring (bicyclic) bond motifs is 3. The van der Waals surface area contributed by atoms with Gasteiger partial charge in [0.1, 0.15) is 0 Å². The highest BCUT2D eigenvalue weighted by atomic mass is 79.9. The van der Waals surface area contributed by atoms with E-state index in [2.05, 4.69) is 50.5 Å². The van der Waals surface area contributed by atoms with Crippen LogP contribution in [0.25, 0.3) is 11.3 Å². The Bertz CT molecular complexity index is 795. The van der Waals surface area contributed by atoms with Crippen LogP contribution in [0.5, 0.6) is 5.88 Å². The van der Waals surface area contributed by atoms with E-state index in [-0.39, 0.29) is 5.72 Å². The Morgan fingerprint density at radius 2 is 2.08 bits per heavy atom. The van der Waals surface area contributed by atoms with Crippen molar-refractivity contribution in [3.63, 3.8) is 0 Å². The van der Waals surface area contributed by atoms with Crippen molar-refractivity contribution in [3.05, 3.63) is 22.7 Å². The Kier molecular flexibility index (Phi) is 5.36. The molecule has 0 bridgehead atoms. The molecule has 5 nitrogen and oxygen atoms in total. The Labute approximate surface area is 166 Å². The second-order valence-electron chi connectivity index (χ2n) is 6.92. The fraction of sp³-hybridized carbons (Fsp3) is 0.526. The smallest absolute Gasteiger partial charge is 0.247 e. The molecular weight excluding hydrogens is 412 g/mol. The van der Waals surface area contributed by atoms with Gasteiger partial charge in [0, 0.05) is 34.3 Å². The molecule has 1 spiro atoms. The van der Waals surface area contributed by atoms with Crippen LogP contribution in [0.3, 0.4) is 0 Å². The normalized spacial score (nSPS) is 17.2. The molecule has 2 heterocycles. The molecular formula is C19H23BrN4OS. The van der Waals surface area contributed by atoms with E-state index in [0.717, 1.165) is 52.9 Å². The van der Waals surface area contributed by atoms with E-state index in [1.807, 2.05) is 6.07 Å². The van der Waals surface area contributed by atoms with Crippen molar-refractivity contribution < 1.29 is 4.74 Å². The van der Waals surface area contributed by atoms with Gasteiger partial charge in [-0.15, -0.1) is 10.2 Å². The lowest BCUT2D eigenvalue weighted by atomic mass is 10.1. The molecule has 1 aliphatic heterocycles. The molecule has 0 saturated heterocycles. The number of benzene rings is 1. The molecule has 1 aromatic carbocycles. The Hall–Kier alpha value is -1.34. The highest BCUT2D eigenvalue weighted by Crippen LogP contribution is 2.44. The first-order chi connectivity index (χ1) is 12.7. The Balaban J connectivity index is 1.70. The zero-order valence-electron chi connectivity index (χ0n) is 14.9. The number of rotatable bonds is 5. The molecule has 2 aromatic rings. The number of nitrogens with one attached hydrogen (secondary N) is 1. The molecule has 1 aromatic heterocycles. The molecule has 7 heteroatoms. The quantitative estimate of drug-likeness (QED) is 0.483. The van der Waals surface area contributed by atoms with E-state index in [9.17, 15) is 0 Å². The van der Waals surface area contributed by atoms with Crippen LogP contribution in [0, 0.1) is 0 Å². The van der Waals surface area contributed by atoms with E-state index in [4.69, 9.17) is 9.72 Å². The van der Waals surface area contributed by atoms with Crippen molar-refractivity contribution in [1.29, 1.82) is 0 Å². The van der Waals surface area contributed by atoms with Crippen molar-refractivity contribution in [2.45, 2.75) is 62.8 Å². The topological polar surface area (TPSA) is 59.9 Å². The van der Waals surface area contributed by atoms with Gasteiger partial charge in [-0.1, -0.05) is 47.5 Å². The summed E-state index contributed by atoms with van der Waals surface area (Å²) in [6, 6.07) is 6.17. The molecule has 1 fully saturated rings. The molecule has 0 radical (unpaired) electrons. The van der Waals surface area contributed by atoms with Gasteiger partial charge >= 0.3 is 0 Å². The number of nitrogens with zero attached hydrogens (tertiary/aromatic N) is 3. The molecule has 2 aliphatic rings. The van der Waals surface area contributed by atoms with Gasteiger partial charge in [-0.2, -0.15) is 4.98 Å². The minimum Gasteiger partial charge on any atom is -0.449 e. The van der Waals surface area contributed by atoms with Gasteiger partial charge in [0.2, 0.25) is 11.0 Å². The van der Waals surface area contributed by atoms with E-state index in [1.54, 1.807) is 11.8 Å². The van der Waals surface area contributed by atoms with E-state index >= 15 is 0 Å². The summed E-state index contributed by atoms with van der Waals surface area (Å²) in [5, 5.41) is 13.2. The largest absolute Gasteiger partial charge is 0.449 e. The Morgan fingerprint density at radius 1 is 1.23 bits per heavy atom. The average molecular weight is 435 g/mol. The van der Waals surface area contributed by atoms with Crippen LogP contribution in [0.15, 0.2) is 27.8 Å². The number of hydrogen-bond donors (Lipinski definition) is 1. The number of halogens is 1. The van der Waals surface area contributed by atoms with Crippen molar-refractivity contribution in [2.75, 3.05) is 11.1 Å². The van der Waals surface area contributed by atoms with Crippen LogP contribution in [0.2, 0.25) is 0 Å². The van der Waals surface area contributed by atoms with Crippen LogP contribution in [0.1, 0.15) is 51.9 Å². The van der Waals surface area contributed by atoms with Crippen LogP contribution >= 0.6 is 27.7 Å². The maximum atomic E-state index is 6.44. The lowest BCUT2D eigenvalue weighted by Crippen LogP contribution is -2.41. The molecule has 1 aliphatic carbocycles. The fourth-order valence-corrected chi connectivity index (χ4v) is 4.70. The lowest BCUT2D eigenvalue weighted by molar-refractivity contribution is 0.101. The minimum atomic E-state index is -0.381. The molecule has 0 atom stereocenters. The summed E-state index contributed by atoms with van der Waals surface area (Å²) in [5.41, 5.74) is 2.36. The number of anilines is 1. The van der Waals surface area contributed by atoms with Crippen LogP contribution in [0.4, 0.5) is 5.69 Å². The highest BCUT2D eigenvalue weighted by molar-refractivity contribution is 9.10. The van der Waals surface area contributed by atoms with Gasteiger partial charge in [0.05, 0.1) is 0 Å². The first-order valence-electron chi connectivity index (χ1n) is 9.34. The third-order valence-corrected chi connectivity index (χ3v) is 6.33. The summed E-state index contributed by atoms with van der Waals surface area (Å²) < 4.78 is 7.45. The molecule has 1 saturated carbocycles. The SMILES string of the molecule is CCCCCSc1nnc2c(n1)OC1(CCCC1)Nc1ccc(Br)cc1-2. The van der Waals surface area contributed by atoms with E-state index in [1.165, 1.54) is 19.3 Å². The number of thioether (sulfide) groups is 1. The molecule has 0 amide bonds. The van der Waals surface area contributed by atoms with Crippen molar-refractivity contribution >= 4 is 33.4 Å². The van der Waals surface area contributed by atoms with E-state index in [0.29, 0.717) is 11.0 Å². The lowest BCUT2D eigenvalue weighted by Gasteiger charge is -2.30. The summed E-state index contributed by atoms with van der Waals surface area (Å²) in [6.45, 7) is 2.21. The van der Waals surface area contributed by atoms with Gasteiger partial charge in [0.15, 0.2) is 11.4 Å². The predicted octanol–water partition coefficient (Wildman–Crippen LogP) is 5.66. The minimum absolute atomic E-state index is 0.381. The van der Waals surface area contributed by atoms with Crippen LogP contribution in [-0.4, -0.2) is 26.7 Å². The monoisotopic (exact) mass is 434 g/mol. The molecule has 1 N–H and O–H groups in total. The number of aromatic nitrogens is 3. The van der Waals surface area contributed by atoms with Gasteiger partial charge in [-0.05, 0) is 37.5 Å². The highest BCUT2D eigenvalue weighted by Gasteiger charge is 2.40. The van der Waals surface area contributed by atoms with Crippen LogP contribution in [-0.2, 0) is 0 Å². The third kappa shape index (κ3) is 3.69. The first-order valence-corrected chi connectivity index (χ1v) is 11.1. The second-order valence-corrected chi connectivity index (χ2v) is 8.90. The fourth-order valence-electron chi connectivity index (χ4n) is 3.57. The third-order valence-electron chi connectivity index (χ3n) is 4.92. The maximum absolute atomic E-state index is 6.44. The van der Waals surface area contributed by atoms with Crippen LogP contribution < -0.4 is 10.1 Å². The zero-order valence-corrected chi connectivity index (χ0v) is 17.3. The van der Waals surface area contributed by atoms with Crippen molar-refractivity contribution in [1.82, 2.24) is 15.2 Å². The summed E-state index contributed by atoms with van der Waals surface area (Å²) in [5.74, 6) is 1.61. The first kappa shape index (κ1) is 18.0. The number of ether oxygens (including phenoxy) is 1. The average Bonchev–Trinajstić information content (AvgIpc) is 3.03. The van der Waals surface area contributed by atoms with Gasteiger partial charge < -0.3 is 10.1 Å². The summed E-state index contributed by atoms with van der Waals surface area (Å²) >= 11 is 5.23. The van der Waals surface area contributed by atoms with Gasteiger partial charge in [-0.25, -0.2) is 0 Å². The Morgan fingerprint density at radius 3 is 2.88 bits per heavy atom. The molecule has 26 heavy (non-hydrogen) atoms. The summed E-state index contributed by atoms with van der Waals surface area (Å²) in [4.78, 5) is 4.73. The predicted molar refractivity (Wildman–Crippen MR) is 109 cm³/mol. The summed E-state index contributed by atoms with van der Waals surface area (Å²) in [7, 11) is 0. The van der Waals surface area contributed by atoms with E-state index < -0.39 is 0 Å². The number of unbranched alkanes of at least 4 members (excludes halogenated alkanes) is 2. The van der Waals surface area contributed by atoms with Crippen molar-refractivity contribution in [2.24, 2.45) is 0 Å². The second kappa shape index (κ2) is 7.72. The zero-order chi connectivity index (χ0) is 18.0. The van der Waals surface area contributed by atoms with Gasteiger partial charge in [-0.3, -0.25) is 0 Å². The number of hydrogen-bond acceptors (Lipinski definition) is 6. The molecule has 138 valence electrons. The standard InChI is InChI=1S/C19H23BrN4OS/c1-2-3-6-11-26-18-21-17-16(23-24-18)14-12-13(20)7-8-15(14)22-19(25-17)9-4-5-10-19/h7-8,12,22H,2-6,9-11H2,1H3. The maximum Gasteiger partial charge on any atom is 0.247 e.